The van der Waals surface area contributed by atoms with Gasteiger partial charge in [0, 0.05) is 42.5 Å². The van der Waals surface area contributed by atoms with E-state index in [0.717, 1.165) is 0 Å². The van der Waals surface area contributed by atoms with Crippen molar-refractivity contribution in [3.8, 4) is 6.07 Å². The predicted octanol–water partition coefficient (Wildman–Crippen LogP) is 6.12. The SMILES string of the molecule is C=C(CC)n1cc([C@H](c2cccc3c(=O)n(C)ccc23)N(C(=O)OCOC(=O)[C@H](C)N)c2cc(Cl)c3ncc(C#N)c(NCC(C)(C)C)c3c2)nn1. The third-order valence-electron chi connectivity index (χ3n) is 8.29. The number of allylic oxidation sites excluding steroid dienone is 1. The van der Waals surface area contributed by atoms with Crippen molar-refractivity contribution in [1.29, 1.82) is 5.26 Å². The van der Waals surface area contributed by atoms with Crippen LogP contribution < -0.4 is 21.5 Å². The van der Waals surface area contributed by atoms with E-state index in [9.17, 15) is 19.6 Å². The molecule has 0 radical (unpaired) electrons. The Balaban J connectivity index is 1.82. The fourth-order valence-corrected chi connectivity index (χ4v) is 5.76. The topological polar surface area (TPSA) is 183 Å². The summed E-state index contributed by atoms with van der Waals surface area (Å²) in [7, 11) is 1.65. The molecule has 14 nitrogen and oxygen atoms in total. The molecular weight excluding hydrogens is 686 g/mol. The summed E-state index contributed by atoms with van der Waals surface area (Å²) in [5, 5.41) is 23.8. The smallest absolute Gasteiger partial charge is 0.418 e. The molecule has 0 saturated heterocycles. The van der Waals surface area contributed by atoms with Gasteiger partial charge in [0.25, 0.3) is 5.56 Å². The highest BCUT2D eigenvalue weighted by Crippen LogP contribution is 2.41. The Labute approximate surface area is 305 Å². The van der Waals surface area contributed by atoms with E-state index in [2.05, 4.69) is 33.3 Å². The molecule has 0 aliphatic heterocycles. The van der Waals surface area contributed by atoms with Gasteiger partial charge >= 0.3 is 12.1 Å². The number of hydrogen-bond acceptors (Lipinski definition) is 11. The van der Waals surface area contributed by atoms with Crippen LogP contribution in [-0.4, -0.2) is 56.0 Å². The number of fused-ring (bicyclic) bond motifs is 2. The van der Waals surface area contributed by atoms with Gasteiger partial charge < -0.3 is 25.1 Å². The van der Waals surface area contributed by atoms with Crippen molar-refractivity contribution in [3.63, 3.8) is 0 Å². The summed E-state index contributed by atoms with van der Waals surface area (Å²) in [6.07, 6.45) is 4.31. The number of aromatic nitrogens is 5. The van der Waals surface area contributed by atoms with Gasteiger partial charge in [0.1, 0.15) is 23.8 Å². The number of hydrogen-bond donors (Lipinski definition) is 2. The standard InChI is InChI=1S/C37H40ClN9O5/c1-8-21(2)46-18-30(43-44-46)33(26-10-9-11-27-25(26)12-13-45(7)34(27)48)47(36(50)52-20-51-35(49)22(3)40)24-14-28-31(42-19-37(4,5)6)23(16-39)17-41-32(28)29(38)15-24/h9-15,17-18,22,33H,2,8,19-20,40H2,1,3-7H3,(H,41,42)/t22-,33-/m0/s1. The molecule has 0 unspecified atom stereocenters. The summed E-state index contributed by atoms with van der Waals surface area (Å²) in [6, 6.07) is 10.3. The van der Waals surface area contributed by atoms with Crippen molar-refractivity contribution in [2.24, 2.45) is 18.2 Å². The number of amides is 1. The number of rotatable bonds is 11. The molecule has 0 fully saturated rings. The van der Waals surface area contributed by atoms with Crippen molar-refractivity contribution in [2.45, 2.75) is 53.1 Å². The quantitative estimate of drug-likeness (QED) is 0.118. The molecule has 5 aromatic rings. The highest BCUT2D eigenvalue weighted by molar-refractivity contribution is 6.36. The number of nitriles is 1. The number of nitrogens with two attached hydrogens (primary N) is 1. The molecule has 0 aliphatic carbocycles. The maximum atomic E-state index is 14.5. The summed E-state index contributed by atoms with van der Waals surface area (Å²) in [4.78, 5) is 45.7. The van der Waals surface area contributed by atoms with Crippen LogP contribution in [0.4, 0.5) is 16.2 Å². The van der Waals surface area contributed by atoms with E-state index in [1.165, 1.54) is 33.3 Å². The summed E-state index contributed by atoms with van der Waals surface area (Å²) in [5.74, 6) is -0.778. The van der Waals surface area contributed by atoms with Crippen LogP contribution in [0.1, 0.15) is 63.9 Å². The molecular formula is C37H40ClN9O5. The van der Waals surface area contributed by atoms with Gasteiger partial charge in [0.2, 0.25) is 6.79 Å². The average Bonchev–Trinajstić information content (AvgIpc) is 3.60. The summed E-state index contributed by atoms with van der Waals surface area (Å²) < 4.78 is 13.6. The number of pyridine rings is 2. The molecule has 0 aliphatic rings. The first-order valence-electron chi connectivity index (χ1n) is 16.5. The summed E-state index contributed by atoms with van der Waals surface area (Å²) >= 11 is 6.92. The first-order valence-corrected chi connectivity index (χ1v) is 16.9. The number of anilines is 2. The van der Waals surface area contributed by atoms with Gasteiger partial charge in [0.05, 0.1) is 33.7 Å². The Morgan fingerprint density at radius 2 is 1.92 bits per heavy atom. The Morgan fingerprint density at radius 1 is 1.17 bits per heavy atom. The van der Waals surface area contributed by atoms with Crippen LogP contribution >= 0.6 is 11.6 Å². The number of nitrogens with zero attached hydrogens (tertiary/aromatic N) is 7. The van der Waals surface area contributed by atoms with E-state index in [0.29, 0.717) is 57.3 Å². The molecule has 3 aromatic heterocycles. The van der Waals surface area contributed by atoms with Gasteiger partial charge in [-0.05, 0) is 54.0 Å². The van der Waals surface area contributed by atoms with E-state index >= 15 is 0 Å². The number of carbonyl (C=O) groups is 2. The molecule has 0 bridgehead atoms. The maximum Gasteiger partial charge on any atom is 0.418 e. The Hall–Kier alpha value is -5.78. The zero-order valence-corrected chi connectivity index (χ0v) is 30.6. The van der Waals surface area contributed by atoms with Crippen LogP contribution in [0.5, 0.6) is 0 Å². The summed E-state index contributed by atoms with van der Waals surface area (Å²) in [5.41, 5.74) is 8.00. The van der Waals surface area contributed by atoms with Crippen LogP contribution in [0.15, 0.2) is 66.4 Å². The van der Waals surface area contributed by atoms with E-state index in [4.69, 9.17) is 26.8 Å². The second kappa shape index (κ2) is 15.2. The van der Waals surface area contributed by atoms with Crippen LogP contribution in [-0.2, 0) is 21.3 Å². The van der Waals surface area contributed by atoms with Crippen molar-refractivity contribution >= 4 is 62.4 Å². The molecule has 5 rings (SSSR count). The largest absolute Gasteiger partial charge is 0.427 e. The number of ether oxygens (including phenoxy) is 2. The lowest BCUT2D eigenvalue weighted by molar-refractivity contribution is -0.152. The minimum absolute atomic E-state index is 0.164. The minimum Gasteiger partial charge on any atom is -0.427 e. The fourth-order valence-electron chi connectivity index (χ4n) is 5.50. The lowest BCUT2D eigenvalue weighted by Crippen LogP contribution is -2.38. The van der Waals surface area contributed by atoms with Crippen LogP contribution in [0, 0.1) is 16.7 Å². The van der Waals surface area contributed by atoms with Crippen LogP contribution in [0.2, 0.25) is 5.02 Å². The van der Waals surface area contributed by atoms with Gasteiger partial charge in [-0.1, -0.05) is 63.2 Å². The second-order valence-corrected chi connectivity index (χ2v) is 13.9. The summed E-state index contributed by atoms with van der Waals surface area (Å²) in [6.45, 7) is 13.3. The van der Waals surface area contributed by atoms with Crippen LogP contribution in [0.25, 0.3) is 27.4 Å². The van der Waals surface area contributed by atoms with Gasteiger partial charge in [0.15, 0.2) is 0 Å². The maximum absolute atomic E-state index is 14.5. The molecule has 15 heteroatoms. The van der Waals surface area contributed by atoms with Gasteiger partial charge in [-0.3, -0.25) is 19.5 Å². The minimum atomic E-state index is -1.10. The fraction of sp³-hybridized carbons (Fsp3) is 0.324. The number of benzene rings is 2. The third kappa shape index (κ3) is 7.75. The van der Waals surface area contributed by atoms with Gasteiger partial charge in [-0.25, -0.2) is 9.48 Å². The van der Waals surface area contributed by atoms with E-state index in [-0.39, 0.29) is 27.2 Å². The molecule has 3 heterocycles. The monoisotopic (exact) mass is 725 g/mol. The van der Waals surface area contributed by atoms with Crippen molar-refractivity contribution < 1.29 is 19.1 Å². The van der Waals surface area contributed by atoms with E-state index in [1.807, 2.05) is 27.7 Å². The van der Waals surface area contributed by atoms with E-state index in [1.54, 1.807) is 49.8 Å². The number of nitrogens with one attached hydrogen (secondary N) is 1. The lowest BCUT2D eigenvalue weighted by Gasteiger charge is -2.31. The molecule has 1 amide bonds. The van der Waals surface area contributed by atoms with Crippen molar-refractivity contribution in [1.82, 2.24) is 24.5 Å². The molecule has 0 saturated carbocycles. The first kappa shape index (κ1) is 37.5. The van der Waals surface area contributed by atoms with E-state index < -0.39 is 30.9 Å². The number of carbonyl (C=O) groups excluding carboxylic acids is 2. The number of aryl methyl sites for hydroxylation is 1. The molecule has 2 atom stereocenters. The molecule has 2 aromatic carbocycles. The molecule has 270 valence electrons. The highest BCUT2D eigenvalue weighted by Gasteiger charge is 2.35. The second-order valence-electron chi connectivity index (χ2n) is 13.5. The molecule has 3 N–H and O–H groups in total. The third-order valence-corrected chi connectivity index (χ3v) is 8.58. The normalized spacial score (nSPS) is 12.6. The Morgan fingerprint density at radius 3 is 2.60 bits per heavy atom. The van der Waals surface area contributed by atoms with Crippen LogP contribution in [0.3, 0.4) is 0 Å². The Kier molecular flexibility index (Phi) is 11.0. The van der Waals surface area contributed by atoms with Gasteiger partial charge in [-0.2, -0.15) is 5.26 Å². The predicted molar refractivity (Wildman–Crippen MR) is 200 cm³/mol. The first-order chi connectivity index (χ1) is 24.6. The average molecular weight is 726 g/mol. The lowest BCUT2D eigenvalue weighted by atomic mass is 9.95. The molecule has 0 spiro atoms. The zero-order valence-electron chi connectivity index (χ0n) is 29.8. The number of halogens is 1. The highest BCUT2D eigenvalue weighted by atomic mass is 35.5. The van der Waals surface area contributed by atoms with Crippen molar-refractivity contribution in [2.75, 3.05) is 23.6 Å². The zero-order chi connectivity index (χ0) is 37.9. The molecule has 52 heavy (non-hydrogen) atoms. The Bertz CT molecular complexity index is 2280. The number of esters is 1. The van der Waals surface area contributed by atoms with Gasteiger partial charge in [-0.15, -0.1) is 5.10 Å². The van der Waals surface area contributed by atoms with Crippen molar-refractivity contribution in [3.05, 3.63) is 93.8 Å².